The molecule has 0 spiro atoms. The molecule has 4 nitrogen and oxygen atoms in total. The van der Waals surface area contributed by atoms with Crippen LogP contribution in [0.5, 0.6) is 0 Å². The zero-order chi connectivity index (χ0) is 35.8. The number of pyridine rings is 3. The summed E-state index contributed by atoms with van der Waals surface area (Å²) in [6, 6.07) is 31.9. The molecule has 0 amide bonds. The van der Waals surface area contributed by atoms with E-state index >= 15 is 0 Å². The molecule has 0 aliphatic heterocycles. The van der Waals surface area contributed by atoms with Crippen LogP contribution in [0.2, 0.25) is 0 Å². The van der Waals surface area contributed by atoms with Crippen LogP contribution in [0, 0.1) is 65.5 Å². The van der Waals surface area contributed by atoms with Gasteiger partial charge in [-0.05, 0) is 123 Å². The standard InChI is InChI=1S/C33H33N2O.C14H14N.Ir/c1-19-14-20(2)16-24(15-19)28-17-30(34-18-23(28)5)27-11-7-10-25-26-12-13-29(35-33(26)36-32(25)27)31-21(3)8-6-9-22(31)4;1-10-4-6-13(7-5-10)14-8-11(2)12(3)9-15-14;/h6-10,12-13,17-20,24H,14-16H2,1-5H3;4-6,8-9H,1-3H3;/q2*-1;. The van der Waals surface area contributed by atoms with Crippen molar-refractivity contribution in [2.45, 2.75) is 80.6 Å². The van der Waals surface area contributed by atoms with Crippen LogP contribution in [-0.2, 0) is 20.1 Å². The summed E-state index contributed by atoms with van der Waals surface area (Å²) in [6.07, 6.45) is 7.77. The summed E-state index contributed by atoms with van der Waals surface area (Å²) in [7, 11) is 0. The van der Waals surface area contributed by atoms with E-state index < -0.39 is 0 Å². The van der Waals surface area contributed by atoms with Gasteiger partial charge in [0.05, 0.1) is 11.3 Å². The number of fused-ring (bicyclic) bond motifs is 3. The number of hydrogen-bond acceptors (Lipinski definition) is 4. The zero-order valence-electron chi connectivity index (χ0n) is 31.5. The van der Waals surface area contributed by atoms with E-state index in [0.717, 1.165) is 56.4 Å². The predicted octanol–water partition coefficient (Wildman–Crippen LogP) is 12.4. The van der Waals surface area contributed by atoms with Gasteiger partial charge >= 0.3 is 0 Å². The van der Waals surface area contributed by atoms with Crippen LogP contribution < -0.4 is 0 Å². The molecule has 5 heteroatoms. The van der Waals surface area contributed by atoms with E-state index in [9.17, 15) is 0 Å². The molecule has 1 aliphatic rings. The Morgan fingerprint density at radius 3 is 2.06 bits per heavy atom. The van der Waals surface area contributed by atoms with E-state index in [1.807, 2.05) is 24.5 Å². The van der Waals surface area contributed by atoms with Crippen molar-refractivity contribution in [2.75, 3.05) is 0 Å². The third kappa shape index (κ3) is 7.68. The average molecular weight is 862 g/mol. The van der Waals surface area contributed by atoms with Crippen molar-refractivity contribution < 1.29 is 24.5 Å². The topological polar surface area (TPSA) is 51.8 Å². The smallest absolute Gasteiger partial charge is 0.216 e. The summed E-state index contributed by atoms with van der Waals surface area (Å²) in [5, 5.41) is 2.08. The molecule has 0 saturated heterocycles. The van der Waals surface area contributed by atoms with Crippen molar-refractivity contribution in [3.05, 3.63) is 136 Å². The first-order valence-corrected chi connectivity index (χ1v) is 18.2. The minimum Gasteiger partial charge on any atom is -0.486 e. The maximum atomic E-state index is 6.45. The van der Waals surface area contributed by atoms with E-state index in [-0.39, 0.29) is 20.1 Å². The Bertz CT molecular complexity index is 2330. The number of rotatable bonds is 4. The molecule has 4 heterocycles. The summed E-state index contributed by atoms with van der Waals surface area (Å²) in [5.41, 5.74) is 16.4. The van der Waals surface area contributed by atoms with Gasteiger partial charge in [0.25, 0.3) is 0 Å². The van der Waals surface area contributed by atoms with Crippen molar-refractivity contribution in [3.8, 4) is 33.8 Å². The molecule has 1 aliphatic carbocycles. The number of aryl methyl sites for hydroxylation is 6. The Hall–Kier alpha value is -4.44. The zero-order valence-corrected chi connectivity index (χ0v) is 33.9. The fourth-order valence-electron chi connectivity index (χ4n) is 7.92. The summed E-state index contributed by atoms with van der Waals surface area (Å²) in [5.74, 6) is 2.11. The second kappa shape index (κ2) is 15.7. The molecule has 52 heavy (non-hydrogen) atoms. The summed E-state index contributed by atoms with van der Waals surface area (Å²) in [6.45, 7) is 17.5. The number of furan rings is 1. The molecule has 1 radical (unpaired) electrons. The normalized spacial score (nSPS) is 17.0. The van der Waals surface area contributed by atoms with Crippen LogP contribution in [0.25, 0.3) is 55.8 Å². The van der Waals surface area contributed by atoms with Crippen molar-refractivity contribution in [2.24, 2.45) is 11.8 Å². The molecule has 8 rings (SSSR count). The number of benzene rings is 3. The molecule has 2 atom stereocenters. The first-order chi connectivity index (χ1) is 24.5. The van der Waals surface area contributed by atoms with Crippen LogP contribution in [0.15, 0.2) is 89.6 Å². The summed E-state index contributed by atoms with van der Waals surface area (Å²) in [4.78, 5) is 14.2. The van der Waals surface area contributed by atoms with Gasteiger partial charge in [0, 0.05) is 43.4 Å². The van der Waals surface area contributed by atoms with Crippen molar-refractivity contribution in [1.29, 1.82) is 0 Å². The molecule has 4 aromatic heterocycles. The van der Waals surface area contributed by atoms with Gasteiger partial charge in [-0.15, -0.1) is 53.6 Å². The van der Waals surface area contributed by atoms with E-state index in [1.54, 1.807) is 0 Å². The Labute approximate surface area is 322 Å². The molecule has 7 aromatic rings. The molecular formula is C47H47IrN3O-2. The Morgan fingerprint density at radius 1 is 0.654 bits per heavy atom. The quantitative estimate of drug-likeness (QED) is 0.165. The number of aromatic nitrogens is 3. The van der Waals surface area contributed by atoms with Crippen molar-refractivity contribution >= 4 is 22.1 Å². The second-order valence-corrected chi connectivity index (χ2v) is 15.0. The fraction of sp³-hybridized carbons (Fsp3) is 0.298. The minimum absolute atomic E-state index is 0. The molecule has 0 N–H and O–H groups in total. The average Bonchev–Trinajstić information content (AvgIpc) is 3.48. The maximum absolute atomic E-state index is 6.45. The second-order valence-electron chi connectivity index (χ2n) is 15.0. The molecule has 2 unspecified atom stereocenters. The Morgan fingerprint density at radius 2 is 1.37 bits per heavy atom. The minimum atomic E-state index is 0. The maximum Gasteiger partial charge on any atom is 0.216 e. The van der Waals surface area contributed by atoms with Crippen LogP contribution in [0.4, 0.5) is 0 Å². The number of nitrogens with zero attached hydrogens (tertiary/aromatic N) is 3. The van der Waals surface area contributed by atoms with Gasteiger partial charge in [-0.1, -0.05) is 67.6 Å². The van der Waals surface area contributed by atoms with Gasteiger partial charge in [0.15, 0.2) is 0 Å². The summed E-state index contributed by atoms with van der Waals surface area (Å²) >= 11 is 0. The van der Waals surface area contributed by atoms with Crippen molar-refractivity contribution in [3.63, 3.8) is 0 Å². The fourth-order valence-corrected chi connectivity index (χ4v) is 7.92. The Balaban J connectivity index is 0.000000244. The predicted molar refractivity (Wildman–Crippen MR) is 211 cm³/mol. The third-order valence-corrected chi connectivity index (χ3v) is 10.7. The van der Waals surface area contributed by atoms with Gasteiger partial charge in [0.2, 0.25) is 5.71 Å². The van der Waals surface area contributed by atoms with Crippen LogP contribution in [0.1, 0.15) is 78.0 Å². The Kier molecular flexibility index (Phi) is 11.2. The van der Waals surface area contributed by atoms with Crippen LogP contribution >= 0.6 is 0 Å². The monoisotopic (exact) mass is 862 g/mol. The van der Waals surface area contributed by atoms with Gasteiger partial charge in [-0.25, -0.2) is 4.98 Å². The third-order valence-electron chi connectivity index (χ3n) is 10.7. The molecule has 0 bridgehead atoms. The van der Waals surface area contributed by atoms with Gasteiger partial charge < -0.3 is 14.4 Å². The van der Waals surface area contributed by atoms with E-state index in [4.69, 9.17) is 14.4 Å². The molecule has 267 valence electrons. The summed E-state index contributed by atoms with van der Waals surface area (Å²) < 4.78 is 6.45. The van der Waals surface area contributed by atoms with Gasteiger partial charge in [0.1, 0.15) is 0 Å². The molecule has 1 saturated carbocycles. The largest absolute Gasteiger partial charge is 0.486 e. The van der Waals surface area contributed by atoms with Gasteiger partial charge in [-0.2, -0.15) is 0 Å². The van der Waals surface area contributed by atoms with E-state index in [1.165, 1.54) is 63.8 Å². The van der Waals surface area contributed by atoms with Crippen LogP contribution in [0.3, 0.4) is 0 Å². The molecule has 3 aromatic carbocycles. The molecular weight excluding hydrogens is 815 g/mol. The van der Waals surface area contributed by atoms with E-state index in [0.29, 0.717) is 11.6 Å². The number of hydrogen-bond donors (Lipinski definition) is 0. The van der Waals surface area contributed by atoms with Gasteiger partial charge in [-0.3, -0.25) is 0 Å². The first kappa shape index (κ1) is 37.3. The SMILES string of the molecule is Cc1c[c-]c(-c2cc(C)c(C)cn2)cc1.Cc1cnc(-c2[c-]ccc3c2oc2nc(-c4c(C)cccc4C)ccc23)cc1C1CC(C)CC(C)C1.[Ir]. The van der Waals surface area contributed by atoms with E-state index in [2.05, 4.69) is 133 Å². The first-order valence-electron chi connectivity index (χ1n) is 18.2. The van der Waals surface area contributed by atoms with Crippen LogP contribution in [-0.4, -0.2) is 15.0 Å². The molecule has 1 fully saturated rings. The van der Waals surface area contributed by atoms with Crippen molar-refractivity contribution in [1.82, 2.24) is 15.0 Å².